The number of nitrogens with two attached hydrogens (primary N) is 1. The van der Waals surface area contributed by atoms with E-state index in [1.807, 2.05) is 37.1 Å². The number of aryl methyl sites for hydroxylation is 1. The highest BCUT2D eigenvalue weighted by Crippen LogP contribution is 2.35. The molecular formula is C21H29N5O2. The van der Waals surface area contributed by atoms with E-state index in [9.17, 15) is 0 Å². The van der Waals surface area contributed by atoms with Crippen molar-refractivity contribution in [2.24, 2.45) is 5.92 Å². The maximum absolute atomic E-state index is 6.19. The van der Waals surface area contributed by atoms with Crippen molar-refractivity contribution >= 4 is 17.5 Å². The summed E-state index contributed by atoms with van der Waals surface area (Å²) in [5.74, 6) is 3.08. The van der Waals surface area contributed by atoms with Crippen molar-refractivity contribution in [3.63, 3.8) is 0 Å². The number of benzene rings is 1. The molecule has 150 valence electrons. The van der Waals surface area contributed by atoms with Crippen LogP contribution in [0.1, 0.15) is 25.0 Å². The molecule has 2 fully saturated rings. The monoisotopic (exact) mass is 383 g/mol. The van der Waals surface area contributed by atoms with Gasteiger partial charge in [0.1, 0.15) is 5.82 Å². The van der Waals surface area contributed by atoms with E-state index >= 15 is 0 Å². The predicted octanol–water partition coefficient (Wildman–Crippen LogP) is 3.01. The van der Waals surface area contributed by atoms with Gasteiger partial charge < -0.3 is 20.1 Å². The topological polar surface area (TPSA) is 76.7 Å². The number of nitrogens with zero attached hydrogens (tertiary/aromatic N) is 4. The second kappa shape index (κ2) is 7.83. The molecule has 0 amide bonds. The van der Waals surface area contributed by atoms with Crippen molar-refractivity contribution in [1.82, 2.24) is 14.9 Å². The molecule has 2 N–H and O–H groups in total. The number of likely N-dealkylation sites (tertiary alicyclic amines) is 1. The summed E-state index contributed by atoms with van der Waals surface area (Å²) in [4.78, 5) is 13.3. The van der Waals surface area contributed by atoms with Gasteiger partial charge in [-0.05, 0) is 44.9 Å². The average Bonchev–Trinajstić information content (AvgIpc) is 3.43. The molecule has 0 spiro atoms. The molecule has 1 aliphatic carbocycles. The van der Waals surface area contributed by atoms with E-state index in [-0.39, 0.29) is 0 Å². The molecule has 1 aromatic carbocycles. The van der Waals surface area contributed by atoms with Crippen LogP contribution in [-0.4, -0.2) is 54.8 Å². The summed E-state index contributed by atoms with van der Waals surface area (Å²) in [6, 6.07) is 8.46. The van der Waals surface area contributed by atoms with E-state index in [0.29, 0.717) is 24.3 Å². The number of aromatic nitrogens is 2. The molecule has 2 aromatic rings. The Morgan fingerprint density at radius 2 is 2.00 bits per heavy atom. The van der Waals surface area contributed by atoms with Crippen LogP contribution in [0.4, 0.5) is 17.5 Å². The maximum atomic E-state index is 6.19. The van der Waals surface area contributed by atoms with Crippen LogP contribution in [0.3, 0.4) is 0 Å². The van der Waals surface area contributed by atoms with E-state index in [1.54, 1.807) is 13.2 Å². The molecule has 1 saturated carbocycles. The Morgan fingerprint density at radius 3 is 2.71 bits per heavy atom. The summed E-state index contributed by atoms with van der Waals surface area (Å²) in [6.45, 7) is 4.96. The third kappa shape index (κ3) is 4.14. The van der Waals surface area contributed by atoms with E-state index in [4.69, 9.17) is 15.2 Å². The van der Waals surface area contributed by atoms with Crippen LogP contribution in [0.2, 0.25) is 0 Å². The Kier molecular flexibility index (Phi) is 5.26. The Bertz CT molecular complexity index is 819. The lowest BCUT2D eigenvalue weighted by molar-refractivity contribution is 0.230. The van der Waals surface area contributed by atoms with Gasteiger partial charge in [-0.25, -0.2) is 4.98 Å². The smallest absolute Gasteiger partial charge is 0.231 e. The molecular weight excluding hydrogens is 354 g/mol. The minimum atomic E-state index is 0.459. The van der Waals surface area contributed by atoms with Gasteiger partial charge in [-0.15, -0.1) is 0 Å². The second-order valence-corrected chi connectivity index (χ2v) is 7.82. The van der Waals surface area contributed by atoms with Crippen molar-refractivity contribution in [3.05, 3.63) is 30.0 Å². The summed E-state index contributed by atoms with van der Waals surface area (Å²) in [5, 5.41) is 0. The number of ether oxygens (including phenoxy) is 2. The van der Waals surface area contributed by atoms with Gasteiger partial charge in [-0.3, -0.25) is 4.90 Å². The molecule has 0 radical (unpaired) electrons. The Hall–Kier alpha value is -2.54. The molecule has 1 saturated heterocycles. The molecule has 7 nitrogen and oxygen atoms in total. The summed E-state index contributed by atoms with van der Waals surface area (Å²) < 4.78 is 11.7. The second-order valence-electron chi connectivity index (χ2n) is 7.82. The number of anilines is 3. The lowest BCUT2D eigenvalue weighted by atomic mass is 10.1. The average molecular weight is 383 g/mol. The van der Waals surface area contributed by atoms with Crippen molar-refractivity contribution in [2.45, 2.75) is 32.2 Å². The summed E-state index contributed by atoms with van der Waals surface area (Å²) >= 11 is 0. The fourth-order valence-corrected chi connectivity index (χ4v) is 3.81. The number of hydrogen-bond donors (Lipinski definition) is 1. The van der Waals surface area contributed by atoms with Crippen LogP contribution in [-0.2, 0) is 0 Å². The van der Waals surface area contributed by atoms with Crippen LogP contribution in [0.5, 0.6) is 11.5 Å². The zero-order chi connectivity index (χ0) is 19.7. The highest BCUT2D eigenvalue weighted by atomic mass is 16.5. The van der Waals surface area contributed by atoms with Crippen LogP contribution < -0.4 is 20.1 Å². The van der Waals surface area contributed by atoms with Crippen molar-refractivity contribution < 1.29 is 9.47 Å². The van der Waals surface area contributed by atoms with E-state index in [2.05, 4.69) is 14.9 Å². The fraction of sp³-hybridized carbons (Fsp3) is 0.524. The fourth-order valence-electron chi connectivity index (χ4n) is 3.81. The summed E-state index contributed by atoms with van der Waals surface area (Å²) in [6.07, 6.45) is 3.93. The third-order valence-corrected chi connectivity index (χ3v) is 5.55. The Labute approximate surface area is 166 Å². The van der Waals surface area contributed by atoms with Gasteiger partial charge >= 0.3 is 0 Å². The molecule has 4 rings (SSSR count). The van der Waals surface area contributed by atoms with Gasteiger partial charge in [0.25, 0.3) is 0 Å². The molecule has 2 heterocycles. The molecule has 2 aliphatic rings. The third-order valence-electron chi connectivity index (χ3n) is 5.55. The SMILES string of the molecule is COc1ccc(N(C)c2nc(C)cc(N)n2)cc1OCC1CCN(C2CC2)C1. The van der Waals surface area contributed by atoms with Gasteiger partial charge in [0.05, 0.1) is 13.7 Å². The van der Waals surface area contributed by atoms with Gasteiger partial charge in [0, 0.05) is 49.1 Å². The Morgan fingerprint density at radius 1 is 1.18 bits per heavy atom. The van der Waals surface area contributed by atoms with Gasteiger partial charge in [-0.2, -0.15) is 4.98 Å². The minimum Gasteiger partial charge on any atom is -0.493 e. The first-order valence-electron chi connectivity index (χ1n) is 9.93. The first kappa shape index (κ1) is 18.8. The lowest BCUT2D eigenvalue weighted by Crippen LogP contribution is -2.24. The van der Waals surface area contributed by atoms with Crippen LogP contribution in [0, 0.1) is 12.8 Å². The first-order chi connectivity index (χ1) is 13.5. The highest BCUT2D eigenvalue weighted by molar-refractivity contribution is 5.62. The molecule has 7 heteroatoms. The van der Waals surface area contributed by atoms with Crippen molar-refractivity contribution in [1.29, 1.82) is 0 Å². The van der Waals surface area contributed by atoms with Crippen molar-refractivity contribution in [3.8, 4) is 11.5 Å². The van der Waals surface area contributed by atoms with Crippen LogP contribution >= 0.6 is 0 Å². The highest BCUT2D eigenvalue weighted by Gasteiger charge is 2.34. The van der Waals surface area contributed by atoms with Crippen molar-refractivity contribution in [2.75, 3.05) is 44.5 Å². The molecule has 1 aliphatic heterocycles. The predicted molar refractivity (Wildman–Crippen MR) is 110 cm³/mol. The number of rotatable bonds is 7. The standard InChI is InChI=1S/C21H29N5O2/c1-14-10-20(22)24-21(23-14)25(2)17-6-7-18(27-3)19(11-17)28-13-15-8-9-26(12-15)16-4-5-16/h6-7,10-11,15-16H,4-5,8-9,12-13H2,1-3H3,(H2,22,23,24). The van der Waals surface area contributed by atoms with Gasteiger partial charge in [0.15, 0.2) is 11.5 Å². The normalized spacial score (nSPS) is 19.6. The summed E-state index contributed by atoms with van der Waals surface area (Å²) in [7, 11) is 3.59. The van der Waals surface area contributed by atoms with Gasteiger partial charge in [-0.1, -0.05) is 0 Å². The molecule has 1 unspecified atom stereocenters. The van der Waals surface area contributed by atoms with E-state index < -0.39 is 0 Å². The maximum Gasteiger partial charge on any atom is 0.231 e. The zero-order valence-electron chi connectivity index (χ0n) is 16.9. The van der Waals surface area contributed by atoms with Crippen LogP contribution in [0.15, 0.2) is 24.3 Å². The Balaban J connectivity index is 1.47. The first-order valence-corrected chi connectivity index (χ1v) is 9.93. The molecule has 0 bridgehead atoms. The minimum absolute atomic E-state index is 0.459. The van der Waals surface area contributed by atoms with Crippen LogP contribution in [0.25, 0.3) is 0 Å². The number of nitrogen functional groups attached to an aromatic ring is 1. The lowest BCUT2D eigenvalue weighted by Gasteiger charge is -2.21. The number of hydrogen-bond acceptors (Lipinski definition) is 7. The summed E-state index contributed by atoms with van der Waals surface area (Å²) in [5.41, 5.74) is 7.64. The molecule has 1 aromatic heterocycles. The molecule has 1 atom stereocenters. The largest absolute Gasteiger partial charge is 0.493 e. The quantitative estimate of drug-likeness (QED) is 0.787. The zero-order valence-corrected chi connectivity index (χ0v) is 16.9. The van der Waals surface area contributed by atoms with E-state index in [1.165, 1.54) is 25.8 Å². The van der Waals surface area contributed by atoms with E-state index in [0.717, 1.165) is 35.5 Å². The number of methoxy groups -OCH3 is 1. The molecule has 28 heavy (non-hydrogen) atoms. The van der Waals surface area contributed by atoms with Gasteiger partial charge in [0.2, 0.25) is 5.95 Å².